The van der Waals surface area contributed by atoms with Crippen molar-refractivity contribution >= 4 is 33.4 Å². The number of carbonyl (C=O) groups is 2. The van der Waals surface area contributed by atoms with Gasteiger partial charge >= 0.3 is 0 Å². The van der Waals surface area contributed by atoms with Gasteiger partial charge in [-0.1, -0.05) is 17.7 Å². The molecule has 0 bridgehead atoms. The Labute approximate surface area is 177 Å². The van der Waals surface area contributed by atoms with Gasteiger partial charge in [-0.25, -0.2) is 13.1 Å². The Balaban J connectivity index is 1.50. The Morgan fingerprint density at radius 1 is 1.07 bits per heavy atom. The fourth-order valence-electron chi connectivity index (χ4n) is 2.72. The summed E-state index contributed by atoms with van der Waals surface area (Å²) < 4.78 is 27.5. The first-order chi connectivity index (χ1) is 14.3. The van der Waals surface area contributed by atoms with E-state index in [0.29, 0.717) is 16.3 Å². The summed E-state index contributed by atoms with van der Waals surface area (Å²) in [6.45, 7) is -0.0435. The minimum Gasteiger partial charge on any atom is -0.352 e. The number of sulfonamides is 1. The van der Waals surface area contributed by atoms with Crippen molar-refractivity contribution in [3.63, 3.8) is 0 Å². The maximum atomic E-state index is 12.2. The van der Waals surface area contributed by atoms with Crippen LogP contribution in [0.1, 0.15) is 23.2 Å². The van der Waals surface area contributed by atoms with Crippen molar-refractivity contribution in [2.75, 3.05) is 6.54 Å². The van der Waals surface area contributed by atoms with Crippen LogP contribution in [0.5, 0.6) is 0 Å². The molecule has 8 nitrogen and oxygen atoms in total. The molecule has 0 radical (unpaired) electrons. The van der Waals surface area contributed by atoms with Crippen LogP contribution >= 0.6 is 11.6 Å². The molecule has 2 aromatic rings. The number of rotatable bonds is 7. The van der Waals surface area contributed by atoms with Crippen LogP contribution in [0.15, 0.2) is 75.5 Å². The molecule has 1 aromatic carbocycles. The molecule has 10 heteroatoms. The van der Waals surface area contributed by atoms with Crippen molar-refractivity contribution < 1.29 is 18.0 Å². The number of nitrogens with one attached hydrogen (secondary N) is 2. The molecular weight excluding hydrogens is 430 g/mol. The van der Waals surface area contributed by atoms with Gasteiger partial charge in [0.25, 0.3) is 21.5 Å². The van der Waals surface area contributed by atoms with Crippen LogP contribution in [0, 0.1) is 0 Å². The van der Waals surface area contributed by atoms with E-state index in [1.165, 1.54) is 22.8 Å². The first-order valence-electron chi connectivity index (χ1n) is 8.93. The number of pyridine rings is 1. The largest absolute Gasteiger partial charge is 0.352 e. The van der Waals surface area contributed by atoms with E-state index >= 15 is 0 Å². The van der Waals surface area contributed by atoms with Gasteiger partial charge in [-0.2, -0.15) is 0 Å². The lowest BCUT2D eigenvalue weighted by Crippen LogP contribution is -2.34. The third-order valence-electron chi connectivity index (χ3n) is 4.25. The van der Waals surface area contributed by atoms with Crippen LogP contribution in [0.4, 0.5) is 0 Å². The summed E-state index contributed by atoms with van der Waals surface area (Å²) in [5.41, 5.74) is 0.757. The Hall–Kier alpha value is -3.17. The van der Waals surface area contributed by atoms with E-state index in [0.717, 1.165) is 0 Å². The Morgan fingerprint density at radius 2 is 1.80 bits per heavy atom. The highest BCUT2D eigenvalue weighted by molar-refractivity contribution is 7.93. The van der Waals surface area contributed by atoms with Gasteiger partial charge in [-0.3, -0.25) is 19.0 Å². The van der Waals surface area contributed by atoms with E-state index in [9.17, 15) is 22.8 Å². The van der Waals surface area contributed by atoms with E-state index < -0.39 is 21.8 Å². The number of allylic oxidation sites excluding steroid dienone is 4. The minimum atomic E-state index is -3.95. The number of amides is 2. The standard InChI is InChI=1S/C20H18ClN3O5S/c21-15-6-9-17(13-15)30(28,29)23-18(25)10-11-22-20(27)14-4-7-16(8-5-14)24-12-2-1-3-19(24)26/h1-9,12H,10-11,13H2,(H,22,27)(H,23,25). The first-order valence-corrected chi connectivity index (χ1v) is 10.8. The van der Waals surface area contributed by atoms with Crippen molar-refractivity contribution in [1.82, 2.24) is 14.6 Å². The number of halogens is 1. The Kier molecular flexibility index (Phi) is 6.53. The molecule has 0 fully saturated rings. The first kappa shape index (κ1) is 21.5. The second-order valence-corrected chi connectivity index (χ2v) is 8.63. The van der Waals surface area contributed by atoms with Crippen LogP contribution in [-0.2, 0) is 14.8 Å². The number of hydrogen-bond acceptors (Lipinski definition) is 5. The fourth-order valence-corrected chi connectivity index (χ4v) is 4.14. The third-order valence-corrected chi connectivity index (χ3v) is 5.98. The van der Waals surface area contributed by atoms with Gasteiger partial charge in [0.1, 0.15) is 0 Å². The van der Waals surface area contributed by atoms with Crippen LogP contribution < -0.4 is 15.6 Å². The molecule has 1 heterocycles. The smallest absolute Gasteiger partial charge is 0.260 e. The molecule has 1 aliphatic carbocycles. The normalized spacial score (nSPS) is 13.4. The van der Waals surface area contributed by atoms with Gasteiger partial charge in [0.15, 0.2) is 0 Å². The fraction of sp³-hybridized carbons (Fsp3) is 0.150. The summed E-state index contributed by atoms with van der Waals surface area (Å²) in [6, 6.07) is 11.2. The molecule has 0 unspecified atom stereocenters. The van der Waals surface area contributed by atoms with Gasteiger partial charge in [-0.05, 0) is 42.5 Å². The maximum absolute atomic E-state index is 12.2. The van der Waals surface area contributed by atoms with Gasteiger partial charge in [0.2, 0.25) is 5.91 Å². The Bertz CT molecular complexity index is 1200. The van der Waals surface area contributed by atoms with Gasteiger partial charge in [-0.15, -0.1) is 0 Å². The van der Waals surface area contributed by atoms with E-state index in [4.69, 9.17) is 11.6 Å². The number of carbonyl (C=O) groups excluding carboxylic acids is 2. The highest BCUT2D eigenvalue weighted by Crippen LogP contribution is 2.25. The van der Waals surface area contributed by atoms with E-state index in [1.54, 1.807) is 42.6 Å². The predicted molar refractivity (Wildman–Crippen MR) is 113 cm³/mol. The predicted octanol–water partition coefficient (Wildman–Crippen LogP) is 1.81. The van der Waals surface area contributed by atoms with E-state index in [-0.39, 0.29) is 29.9 Å². The molecule has 0 saturated heterocycles. The number of aromatic nitrogens is 1. The molecule has 2 N–H and O–H groups in total. The van der Waals surface area contributed by atoms with Crippen molar-refractivity contribution in [2.24, 2.45) is 0 Å². The van der Waals surface area contributed by atoms with E-state index in [2.05, 4.69) is 5.32 Å². The number of benzene rings is 1. The number of nitrogens with zero attached hydrogens (tertiary/aromatic N) is 1. The average molecular weight is 448 g/mol. The molecular formula is C20H18ClN3O5S. The molecule has 2 amide bonds. The van der Waals surface area contributed by atoms with Crippen LogP contribution in [-0.4, -0.2) is 31.3 Å². The molecule has 0 saturated carbocycles. The summed E-state index contributed by atoms with van der Waals surface area (Å²) in [6.07, 6.45) is 4.26. The van der Waals surface area contributed by atoms with Gasteiger partial charge in [0, 0.05) is 47.9 Å². The van der Waals surface area contributed by atoms with E-state index in [1.807, 2.05) is 4.72 Å². The summed E-state index contributed by atoms with van der Waals surface area (Å²) in [5.74, 6) is -1.16. The quantitative estimate of drug-likeness (QED) is 0.671. The minimum absolute atomic E-state index is 0.0162. The zero-order valence-electron chi connectivity index (χ0n) is 15.7. The average Bonchev–Trinajstić information content (AvgIpc) is 3.15. The third kappa shape index (κ3) is 5.25. The summed E-state index contributed by atoms with van der Waals surface area (Å²) in [5, 5.41) is 2.93. The lowest BCUT2D eigenvalue weighted by Gasteiger charge is -2.09. The highest BCUT2D eigenvalue weighted by atomic mass is 35.5. The molecule has 0 aliphatic heterocycles. The SMILES string of the molecule is O=C(CCNC(=O)c1ccc(-n2ccccc2=O)cc1)NS(=O)(=O)C1=CC=C(Cl)C1. The molecule has 0 atom stereocenters. The molecule has 3 rings (SSSR count). The molecule has 156 valence electrons. The van der Waals surface area contributed by atoms with Crippen molar-refractivity contribution in [2.45, 2.75) is 12.8 Å². The topological polar surface area (TPSA) is 114 Å². The molecule has 1 aliphatic rings. The van der Waals surface area contributed by atoms with Crippen molar-refractivity contribution in [3.8, 4) is 5.69 Å². The summed E-state index contributed by atoms with van der Waals surface area (Å²) in [7, 11) is -3.95. The molecule has 0 spiro atoms. The van der Waals surface area contributed by atoms with Crippen LogP contribution in [0.2, 0.25) is 0 Å². The molecule has 30 heavy (non-hydrogen) atoms. The van der Waals surface area contributed by atoms with Gasteiger partial charge in [0.05, 0.1) is 4.91 Å². The monoisotopic (exact) mass is 447 g/mol. The van der Waals surface area contributed by atoms with Gasteiger partial charge < -0.3 is 5.32 Å². The Morgan fingerprint density at radius 3 is 2.43 bits per heavy atom. The lowest BCUT2D eigenvalue weighted by atomic mass is 10.2. The van der Waals surface area contributed by atoms with Crippen molar-refractivity contribution in [1.29, 1.82) is 0 Å². The second kappa shape index (κ2) is 9.10. The summed E-state index contributed by atoms with van der Waals surface area (Å²) >= 11 is 5.75. The zero-order valence-corrected chi connectivity index (χ0v) is 17.2. The van der Waals surface area contributed by atoms with Crippen molar-refractivity contribution in [3.05, 3.63) is 86.7 Å². The lowest BCUT2D eigenvalue weighted by molar-refractivity contribution is -0.119. The zero-order chi connectivity index (χ0) is 21.7. The highest BCUT2D eigenvalue weighted by Gasteiger charge is 2.23. The summed E-state index contributed by atoms with van der Waals surface area (Å²) in [4.78, 5) is 36.0. The molecule has 1 aromatic heterocycles. The number of hydrogen-bond donors (Lipinski definition) is 2. The van der Waals surface area contributed by atoms with Crippen LogP contribution in [0.3, 0.4) is 0 Å². The second-order valence-electron chi connectivity index (χ2n) is 6.41. The van der Waals surface area contributed by atoms with Crippen LogP contribution in [0.25, 0.3) is 5.69 Å². The maximum Gasteiger partial charge on any atom is 0.260 e.